The quantitative estimate of drug-likeness (QED) is 0.353. The van der Waals surface area contributed by atoms with Crippen LogP contribution < -0.4 is 21.7 Å². The Bertz CT molecular complexity index is 1170. The van der Waals surface area contributed by atoms with Crippen LogP contribution in [0.2, 0.25) is 0 Å². The summed E-state index contributed by atoms with van der Waals surface area (Å²) < 4.78 is 14.7. The maximum Gasteiger partial charge on any atom is 0.252 e. The minimum atomic E-state index is -0.762. The molecule has 2 aromatic rings. The van der Waals surface area contributed by atoms with Gasteiger partial charge in [0, 0.05) is 48.5 Å². The first kappa shape index (κ1) is 26.3. The molecule has 2 fully saturated rings. The number of nitrogens with two attached hydrogens (primary N) is 1. The molecule has 0 bridgehead atoms. The molecule has 5 N–H and O–H groups in total. The Morgan fingerprint density at radius 2 is 1.95 bits per heavy atom. The summed E-state index contributed by atoms with van der Waals surface area (Å²) in [4.78, 5) is 34.6. The van der Waals surface area contributed by atoms with Crippen LogP contribution in [0.15, 0.2) is 53.4 Å². The van der Waals surface area contributed by atoms with Gasteiger partial charge in [0.05, 0.1) is 11.4 Å². The Labute approximate surface area is 217 Å². The molecule has 1 aromatic carbocycles. The molecule has 0 aliphatic heterocycles. The molecule has 1 aromatic heterocycles. The second-order valence-corrected chi connectivity index (χ2v) is 9.83. The van der Waals surface area contributed by atoms with Crippen molar-refractivity contribution in [2.24, 2.45) is 16.6 Å². The Kier molecular flexibility index (Phi) is 8.87. The Balaban J connectivity index is 1.49. The molecule has 2 saturated carbocycles. The van der Waals surface area contributed by atoms with Gasteiger partial charge in [-0.2, -0.15) is 0 Å². The zero-order valence-corrected chi connectivity index (χ0v) is 21.2. The van der Waals surface area contributed by atoms with E-state index in [1.807, 2.05) is 6.07 Å². The fourth-order valence-corrected chi connectivity index (χ4v) is 4.91. The molecule has 1 heterocycles. The molecule has 2 aliphatic carbocycles. The van der Waals surface area contributed by atoms with E-state index in [0.29, 0.717) is 29.6 Å². The van der Waals surface area contributed by atoms with Crippen LogP contribution in [-0.4, -0.2) is 36.1 Å². The van der Waals surface area contributed by atoms with Gasteiger partial charge < -0.3 is 21.7 Å². The summed E-state index contributed by atoms with van der Waals surface area (Å²) in [7, 11) is 1.58. The third-order valence-corrected chi connectivity index (χ3v) is 7.19. The molecule has 0 radical (unpaired) electrons. The van der Waals surface area contributed by atoms with E-state index in [1.54, 1.807) is 19.3 Å². The van der Waals surface area contributed by atoms with Gasteiger partial charge >= 0.3 is 0 Å². The maximum absolute atomic E-state index is 14.7. The Morgan fingerprint density at radius 3 is 2.62 bits per heavy atom. The average molecular weight is 507 g/mol. The number of carbonyl (C=O) groups is 2. The van der Waals surface area contributed by atoms with Crippen molar-refractivity contribution in [2.45, 2.75) is 63.3 Å². The van der Waals surface area contributed by atoms with Crippen LogP contribution in [0.5, 0.6) is 0 Å². The zero-order chi connectivity index (χ0) is 26.2. The molecule has 0 spiro atoms. The number of amides is 2. The minimum absolute atomic E-state index is 0.183. The fourth-order valence-electron chi connectivity index (χ4n) is 4.91. The van der Waals surface area contributed by atoms with Crippen LogP contribution in [0.1, 0.15) is 73.3 Å². The van der Waals surface area contributed by atoms with Crippen molar-refractivity contribution in [1.29, 1.82) is 0 Å². The highest BCUT2D eigenvalue weighted by molar-refractivity contribution is 5.99. The fraction of sp³-hybridized carbons (Fsp3) is 0.429. The van der Waals surface area contributed by atoms with Gasteiger partial charge in [0.1, 0.15) is 11.9 Å². The van der Waals surface area contributed by atoms with Crippen molar-refractivity contribution in [1.82, 2.24) is 15.6 Å². The number of hydrogen-bond acceptors (Lipinski definition) is 6. The van der Waals surface area contributed by atoms with Gasteiger partial charge in [-0.3, -0.25) is 19.6 Å². The van der Waals surface area contributed by atoms with E-state index in [2.05, 4.69) is 25.9 Å². The van der Waals surface area contributed by atoms with Crippen molar-refractivity contribution in [3.05, 3.63) is 65.5 Å². The number of allylic oxidation sites excluding steroid dienone is 1. The van der Waals surface area contributed by atoms with Crippen LogP contribution in [0.25, 0.3) is 0 Å². The third kappa shape index (κ3) is 6.93. The van der Waals surface area contributed by atoms with Crippen LogP contribution >= 0.6 is 0 Å². The van der Waals surface area contributed by atoms with Crippen molar-refractivity contribution in [3.63, 3.8) is 0 Å². The number of aromatic nitrogens is 1. The lowest BCUT2D eigenvalue weighted by molar-refractivity contribution is -0.122. The molecule has 196 valence electrons. The number of rotatable bonds is 10. The van der Waals surface area contributed by atoms with E-state index in [4.69, 9.17) is 5.73 Å². The molecule has 1 atom stereocenters. The molecular weight excluding hydrogens is 471 g/mol. The smallest absolute Gasteiger partial charge is 0.252 e. The van der Waals surface area contributed by atoms with E-state index in [1.165, 1.54) is 37.0 Å². The summed E-state index contributed by atoms with van der Waals surface area (Å²) in [5.74, 6) is -0.491. The number of nitrogens with one attached hydrogen (secondary N) is 3. The molecule has 4 rings (SSSR count). The second-order valence-electron chi connectivity index (χ2n) is 9.83. The number of carbonyl (C=O) groups excluding carboxylic acids is 2. The van der Waals surface area contributed by atoms with Crippen LogP contribution in [-0.2, 0) is 4.79 Å². The summed E-state index contributed by atoms with van der Waals surface area (Å²) in [6.07, 6.45) is 12.6. The first-order valence-electron chi connectivity index (χ1n) is 12.9. The number of halogens is 1. The maximum atomic E-state index is 14.7. The predicted molar refractivity (Wildman–Crippen MR) is 143 cm³/mol. The zero-order valence-electron chi connectivity index (χ0n) is 21.2. The van der Waals surface area contributed by atoms with Gasteiger partial charge in [0.25, 0.3) is 5.91 Å². The minimum Gasteiger partial charge on any atom is -0.403 e. The van der Waals surface area contributed by atoms with Gasteiger partial charge in [-0.1, -0.05) is 32.1 Å². The number of nitrogens with zero attached hydrogens (tertiary/aromatic N) is 2. The molecule has 2 aliphatic rings. The summed E-state index contributed by atoms with van der Waals surface area (Å²) in [6.45, 7) is 0. The van der Waals surface area contributed by atoms with Crippen LogP contribution in [0.4, 0.5) is 15.8 Å². The summed E-state index contributed by atoms with van der Waals surface area (Å²) in [5, 5.41) is 8.67. The van der Waals surface area contributed by atoms with Crippen molar-refractivity contribution in [3.8, 4) is 0 Å². The van der Waals surface area contributed by atoms with Crippen molar-refractivity contribution < 1.29 is 14.0 Å². The average Bonchev–Trinajstić information content (AvgIpc) is 3.37. The van der Waals surface area contributed by atoms with E-state index in [-0.39, 0.29) is 17.2 Å². The lowest BCUT2D eigenvalue weighted by Gasteiger charge is -2.25. The van der Waals surface area contributed by atoms with Gasteiger partial charge in [-0.15, -0.1) is 0 Å². The van der Waals surface area contributed by atoms with Crippen molar-refractivity contribution >= 4 is 29.4 Å². The molecule has 9 heteroatoms. The number of pyridine rings is 1. The Hall–Kier alpha value is -3.75. The second kappa shape index (κ2) is 12.5. The summed E-state index contributed by atoms with van der Waals surface area (Å²) in [6, 6.07) is 7.08. The van der Waals surface area contributed by atoms with E-state index in [0.717, 1.165) is 44.2 Å². The van der Waals surface area contributed by atoms with E-state index >= 15 is 0 Å². The van der Waals surface area contributed by atoms with Gasteiger partial charge in [-0.05, 0) is 55.5 Å². The summed E-state index contributed by atoms with van der Waals surface area (Å²) in [5.41, 5.74) is 8.09. The number of hydrogen-bond donors (Lipinski definition) is 4. The highest BCUT2D eigenvalue weighted by atomic mass is 19.1. The predicted octanol–water partition coefficient (Wildman–Crippen LogP) is 4.53. The Morgan fingerprint density at radius 1 is 1.16 bits per heavy atom. The van der Waals surface area contributed by atoms with Crippen molar-refractivity contribution in [2.75, 3.05) is 12.4 Å². The lowest BCUT2D eigenvalue weighted by Crippen LogP contribution is -2.47. The summed E-state index contributed by atoms with van der Waals surface area (Å²) >= 11 is 0. The highest BCUT2D eigenvalue weighted by Gasteiger charge is 2.28. The van der Waals surface area contributed by atoms with Gasteiger partial charge in [0.2, 0.25) is 5.91 Å². The van der Waals surface area contributed by atoms with Crippen LogP contribution in [0, 0.1) is 11.7 Å². The molecular formula is C28H35FN6O2. The monoisotopic (exact) mass is 506 g/mol. The molecule has 1 unspecified atom stereocenters. The van der Waals surface area contributed by atoms with E-state index < -0.39 is 17.8 Å². The first-order chi connectivity index (χ1) is 18.0. The number of benzene rings is 1. The number of anilines is 2. The third-order valence-electron chi connectivity index (χ3n) is 7.19. The topological polar surface area (TPSA) is 121 Å². The molecule has 37 heavy (non-hydrogen) atoms. The number of aliphatic imine (C=N–C) groups is 1. The largest absolute Gasteiger partial charge is 0.403 e. The van der Waals surface area contributed by atoms with Gasteiger partial charge in [-0.25, -0.2) is 4.39 Å². The van der Waals surface area contributed by atoms with Gasteiger partial charge in [0.15, 0.2) is 0 Å². The normalized spacial score (nSPS) is 17.4. The molecule has 0 saturated heterocycles. The lowest BCUT2D eigenvalue weighted by atomic mass is 9.82. The standard InChI is InChI=1S/C28H35FN6O2/c1-31-17-22(16-30)34-28(37)26(13-18-5-2-3-6-18)35-27(36)20-9-10-23(29)25(14-20)33-21-11-12-32-24(15-21)19-7-4-8-19/h9-12,14-19,26H,2-8,13,30H2,1H3,(H,32,33)(H,34,37)(H,35,36)/b22-16+,31-17?. The van der Waals surface area contributed by atoms with Crippen LogP contribution in [0.3, 0.4) is 0 Å². The molecule has 8 nitrogen and oxygen atoms in total. The van der Waals surface area contributed by atoms with E-state index in [9.17, 15) is 14.0 Å². The highest BCUT2D eigenvalue weighted by Crippen LogP contribution is 2.36. The molecule has 2 amide bonds. The SMILES string of the molecule is CN=C/C(=C\N)NC(=O)C(CC1CCCC1)NC(=O)c1ccc(F)c(Nc2ccnc(C3CCC3)c2)c1. The first-order valence-corrected chi connectivity index (χ1v) is 12.9.